The molecule has 1 aromatic carbocycles. The number of unbranched alkanes of at least 4 members (excludes halogenated alkanes) is 2. The fourth-order valence-electron chi connectivity index (χ4n) is 2.28. The van der Waals surface area contributed by atoms with Crippen LogP contribution in [0.1, 0.15) is 26.2 Å². The van der Waals surface area contributed by atoms with Gasteiger partial charge in [0, 0.05) is 38.4 Å². The Balaban J connectivity index is 1.74. The van der Waals surface area contributed by atoms with E-state index in [1.165, 1.54) is 38.0 Å². The minimum absolute atomic E-state index is 1.15. The van der Waals surface area contributed by atoms with Gasteiger partial charge in [0.25, 0.3) is 0 Å². The van der Waals surface area contributed by atoms with Crippen LogP contribution < -0.4 is 4.90 Å². The predicted octanol–water partition coefficient (Wildman–Crippen LogP) is 3.16. The van der Waals surface area contributed by atoms with Crippen molar-refractivity contribution in [3.05, 3.63) is 36.9 Å². The standard InChI is InChI=1S/C15H23N2/c1-2-3-7-10-16-11-13-17(14-12-16)15-8-5-4-6-9-15/h4-6,8-10H,2-3,7,11-14H2,1H3. The largest absolute Gasteiger partial charge is 0.369 e. The summed E-state index contributed by atoms with van der Waals surface area (Å²) in [7, 11) is 0. The quantitative estimate of drug-likeness (QED) is 0.718. The molecule has 1 aliphatic heterocycles. The third-order valence-corrected chi connectivity index (χ3v) is 3.38. The van der Waals surface area contributed by atoms with Crippen LogP contribution >= 0.6 is 0 Å². The van der Waals surface area contributed by atoms with E-state index >= 15 is 0 Å². The molecule has 1 radical (unpaired) electrons. The zero-order chi connectivity index (χ0) is 11.9. The molecule has 2 rings (SSSR count). The molecule has 1 saturated heterocycles. The second-order valence-electron chi connectivity index (χ2n) is 4.68. The summed E-state index contributed by atoms with van der Waals surface area (Å²) in [6.45, 7) is 9.27. The van der Waals surface area contributed by atoms with E-state index in [9.17, 15) is 0 Å². The van der Waals surface area contributed by atoms with Crippen molar-refractivity contribution in [2.45, 2.75) is 26.2 Å². The van der Waals surface area contributed by atoms with Crippen LogP contribution in [-0.2, 0) is 0 Å². The molecular formula is C15H23N2. The Kier molecular flexibility index (Phi) is 4.87. The highest BCUT2D eigenvalue weighted by molar-refractivity contribution is 5.46. The number of para-hydroxylation sites is 1. The van der Waals surface area contributed by atoms with Crippen LogP contribution in [0.15, 0.2) is 30.3 Å². The van der Waals surface area contributed by atoms with Crippen LogP contribution in [0.25, 0.3) is 0 Å². The van der Waals surface area contributed by atoms with Crippen LogP contribution in [0.2, 0.25) is 0 Å². The van der Waals surface area contributed by atoms with E-state index in [0.29, 0.717) is 0 Å². The first kappa shape index (κ1) is 12.4. The molecule has 1 aliphatic rings. The Bertz CT molecular complexity index is 302. The van der Waals surface area contributed by atoms with Gasteiger partial charge in [0.05, 0.1) is 0 Å². The van der Waals surface area contributed by atoms with E-state index in [0.717, 1.165) is 13.1 Å². The number of hydrogen-bond acceptors (Lipinski definition) is 2. The molecule has 0 N–H and O–H groups in total. The zero-order valence-electron chi connectivity index (χ0n) is 10.8. The SMILES string of the molecule is CCCC[CH]N1CCN(c2ccccc2)CC1. The van der Waals surface area contributed by atoms with Gasteiger partial charge >= 0.3 is 0 Å². The summed E-state index contributed by atoms with van der Waals surface area (Å²) in [4.78, 5) is 4.96. The van der Waals surface area contributed by atoms with E-state index in [1.807, 2.05) is 0 Å². The van der Waals surface area contributed by atoms with E-state index in [4.69, 9.17) is 0 Å². The van der Waals surface area contributed by atoms with Crippen molar-refractivity contribution in [2.75, 3.05) is 31.1 Å². The lowest BCUT2D eigenvalue weighted by molar-refractivity contribution is 0.301. The highest BCUT2D eigenvalue weighted by Crippen LogP contribution is 2.16. The molecule has 2 heteroatoms. The smallest absolute Gasteiger partial charge is 0.0367 e. The summed E-state index contributed by atoms with van der Waals surface area (Å²) in [5, 5.41) is 0. The van der Waals surface area contributed by atoms with Crippen molar-refractivity contribution >= 4 is 5.69 Å². The minimum atomic E-state index is 1.15. The Morgan fingerprint density at radius 2 is 1.76 bits per heavy atom. The highest BCUT2D eigenvalue weighted by atomic mass is 15.3. The maximum absolute atomic E-state index is 2.48. The first-order valence-corrected chi connectivity index (χ1v) is 6.77. The van der Waals surface area contributed by atoms with Gasteiger partial charge in [0.15, 0.2) is 0 Å². The summed E-state index contributed by atoms with van der Waals surface area (Å²) >= 11 is 0. The van der Waals surface area contributed by atoms with Crippen molar-refractivity contribution in [3.8, 4) is 0 Å². The summed E-state index contributed by atoms with van der Waals surface area (Å²) < 4.78 is 0. The molecule has 0 saturated carbocycles. The number of hydrogen-bond donors (Lipinski definition) is 0. The maximum atomic E-state index is 2.48. The van der Waals surface area contributed by atoms with Gasteiger partial charge in [-0.25, -0.2) is 0 Å². The van der Waals surface area contributed by atoms with Gasteiger partial charge in [0.1, 0.15) is 0 Å². The summed E-state index contributed by atoms with van der Waals surface area (Å²) in [5.74, 6) is 0. The Morgan fingerprint density at radius 1 is 1.06 bits per heavy atom. The molecule has 1 heterocycles. The van der Waals surface area contributed by atoms with Crippen LogP contribution in [-0.4, -0.2) is 31.1 Å². The number of nitrogens with zero attached hydrogens (tertiary/aromatic N) is 2. The normalized spacial score (nSPS) is 17.4. The lowest BCUT2D eigenvalue weighted by Crippen LogP contribution is -2.45. The fourth-order valence-corrected chi connectivity index (χ4v) is 2.28. The average molecular weight is 231 g/mol. The molecule has 1 aromatic rings. The van der Waals surface area contributed by atoms with E-state index in [-0.39, 0.29) is 0 Å². The first-order valence-electron chi connectivity index (χ1n) is 6.77. The molecule has 0 aliphatic carbocycles. The number of anilines is 1. The molecule has 17 heavy (non-hydrogen) atoms. The second-order valence-corrected chi connectivity index (χ2v) is 4.68. The van der Waals surface area contributed by atoms with Gasteiger partial charge in [-0.3, -0.25) is 4.90 Å². The minimum Gasteiger partial charge on any atom is -0.369 e. The summed E-state index contributed by atoms with van der Waals surface area (Å²) in [6, 6.07) is 10.7. The number of benzene rings is 1. The van der Waals surface area contributed by atoms with Crippen LogP contribution in [0.3, 0.4) is 0 Å². The van der Waals surface area contributed by atoms with Crippen molar-refractivity contribution in [1.82, 2.24) is 4.90 Å². The first-order chi connectivity index (χ1) is 8.40. The van der Waals surface area contributed by atoms with Gasteiger partial charge in [-0.05, 0) is 18.6 Å². The highest BCUT2D eigenvalue weighted by Gasteiger charge is 2.16. The Morgan fingerprint density at radius 3 is 2.41 bits per heavy atom. The third-order valence-electron chi connectivity index (χ3n) is 3.38. The molecule has 0 amide bonds. The van der Waals surface area contributed by atoms with Gasteiger partial charge in [-0.2, -0.15) is 0 Å². The van der Waals surface area contributed by atoms with Gasteiger partial charge < -0.3 is 4.90 Å². The molecular weight excluding hydrogens is 208 g/mol. The monoisotopic (exact) mass is 231 g/mol. The van der Waals surface area contributed by atoms with Crippen molar-refractivity contribution in [3.63, 3.8) is 0 Å². The van der Waals surface area contributed by atoms with Crippen molar-refractivity contribution < 1.29 is 0 Å². The lowest BCUT2D eigenvalue weighted by Gasteiger charge is -2.35. The van der Waals surface area contributed by atoms with Gasteiger partial charge in [-0.1, -0.05) is 38.0 Å². The van der Waals surface area contributed by atoms with Crippen LogP contribution in [0, 0.1) is 6.54 Å². The molecule has 1 fully saturated rings. The van der Waals surface area contributed by atoms with Gasteiger partial charge in [0.2, 0.25) is 0 Å². The zero-order valence-corrected chi connectivity index (χ0v) is 10.8. The molecule has 0 spiro atoms. The second kappa shape index (κ2) is 6.65. The van der Waals surface area contributed by atoms with Crippen molar-refractivity contribution in [1.29, 1.82) is 0 Å². The summed E-state index contributed by atoms with van der Waals surface area (Å²) in [5.41, 5.74) is 1.36. The fraction of sp³-hybridized carbons (Fsp3) is 0.533. The molecule has 93 valence electrons. The molecule has 0 unspecified atom stereocenters. The number of piperazine rings is 1. The number of rotatable bonds is 5. The third kappa shape index (κ3) is 3.74. The van der Waals surface area contributed by atoms with E-state index in [2.05, 4.69) is 53.6 Å². The molecule has 0 atom stereocenters. The Hall–Kier alpha value is -1.02. The van der Waals surface area contributed by atoms with Gasteiger partial charge in [-0.15, -0.1) is 0 Å². The van der Waals surface area contributed by atoms with Crippen LogP contribution in [0.4, 0.5) is 5.69 Å². The predicted molar refractivity (Wildman–Crippen MR) is 74.1 cm³/mol. The van der Waals surface area contributed by atoms with Crippen LogP contribution in [0.5, 0.6) is 0 Å². The summed E-state index contributed by atoms with van der Waals surface area (Å²) in [6.07, 6.45) is 3.85. The van der Waals surface area contributed by atoms with E-state index < -0.39 is 0 Å². The average Bonchev–Trinajstić information content (AvgIpc) is 2.41. The van der Waals surface area contributed by atoms with Crippen molar-refractivity contribution in [2.24, 2.45) is 0 Å². The lowest BCUT2D eigenvalue weighted by atomic mass is 10.2. The van der Waals surface area contributed by atoms with E-state index in [1.54, 1.807) is 0 Å². The topological polar surface area (TPSA) is 6.48 Å². The Labute approximate surface area is 105 Å². The molecule has 2 nitrogen and oxygen atoms in total. The molecule has 0 bridgehead atoms. The molecule has 0 aromatic heterocycles. The maximum Gasteiger partial charge on any atom is 0.0367 e.